The standard InChI is InChI=1S/C14H23N/c1-9-6-10(2)13-11(3)8-14(4,5)15-12(13)7-9/h6-7,10-11,13,15H,8H2,1-5H3. The van der Waals surface area contributed by atoms with Crippen molar-refractivity contribution >= 4 is 0 Å². The first-order valence-corrected chi connectivity index (χ1v) is 6.07. The van der Waals surface area contributed by atoms with Crippen molar-refractivity contribution in [3.63, 3.8) is 0 Å². The highest BCUT2D eigenvalue weighted by Crippen LogP contribution is 2.41. The Labute approximate surface area is 93.6 Å². The van der Waals surface area contributed by atoms with E-state index in [-0.39, 0.29) is 5.54 Å². The van der Waals surface area contributed by atoms with Gasteiger partial charge in [-0.25, -0.2) is 0 Å². The average molecular weight is 205 g/mol. The van der Waals surface area contributed by atoms with Crippen molar-refractivity contribution in [2.24, 2.45) is 17.8 Å². The van der Waals surface area contributed by atoms with Crippen LogP contribution >= 0.6 is 0 Å². The highest BCUT2D eigenvalue weighted by molar-refractivity contribution is 5.31. The Morgan fingerprint density at radius 1 is 1.33 bits per heavy atom. The van der Waals surface area contributed by atoms with E-state index in [0.717, 1.165) is 5.92 Å². The van der Waals surface area contributed by atoms with E-state index in [1.807, 2.05) is 0 Å². The summed E-state index contributed by atoms with van der Waals surface area (Å²) >= 11 is 0. The van der Waals surface area contributed by atoms with Gasteiger partial charge in [0, 0.05) is 17.2 Å². The predicted octanol–water partition coefficient (Wildman–Crippen LogP) is 3.49. The van der Waals surface area contributed by atoms with E-state index in [1.54, 1.807) is 0 Å². The number of piperidine rings is 1. The fourth-order valence-electron chi connectivity index (χ4n) is 3.51. The highest BCUT2D eigenvalue weighted by Gasteiger charge is 2.38. The molecule has 2 rings (SSSR count). The molecule has 2 aliphatic rings. The molecular formula is C14H23N. The summed E-state index contributed by atoms with van der Waals surface area (Å²) < 4.78 is 0. The van der Waals surface area contributed by atoms with Gasteiger partial charge in [-0.1, -0.05) is 25.5 Å². The zero-order valence-corrected chi connectivity index (χ0v) is 10.6. The Morgan fingerprint density at radius 3 is 2.67 bits per heavy atom. The molecular weight excluding hydrogens is 182 g/mol. The predicted molar refractivity (Wildman–Crippen MR) is 65.5 cm³/mol. The monoisotopic (exact) mass is 205 g/mol. The molecule has 0 aromatic carbocycles. The SMILES string of the molecule is CC1=CC(C)C2C(=C1)NC(C)(C)CC2C. The van der Waals surface area contributed by atoms with E-state index in [1.165, 1.54) is 17.7 Å². The lowest BCUT2D eigenvalue weighted by Gasteiger charge is -2.46. The molecule has 0 spiro atoms. The first-order chi connectivity index (χ1) is 6.89. The summed E-state index contributed by atoms with van der Waals surface area (Å²) in [5.74, 6) is 2.18. The minimum Gasteiger partial charge on any atom is -0.383 e. The maximum absolute atomic E-state index is 3.71. The number of nitrogens with one attached hydrogen (secondary N) is 1. The van der Waals surface area contributed by atoms with Crippen molar-refractivity contribution in [1.29, 1.82) is 0 Å². The first kappa shape index (κ1) is 10.8. The highest BCUT2D eigenvalue weighted by atomic mass is 15.0. The number of rotatable bonds is 0. The number of hydrogen-bond acceptors (Lipinski definition) is 1. The van der Waals surface area contributed by atoms with Crippen molar-refractivity contribution in [3.8, 4) is 0 Å². The van der Waals surface area contributed by atoms with Crippen LogP contribution in [-0.2, 0) is 0 Å². The van der Waals surface area contributed by atoms with Crippen molar-refractivity contribution in [3.05, 3.63) is 23.4 Å². The van der Waals surface area contributed by atoms with Crippen LogP contribution in [0.4, 0.5) is 0 Å². The Kier molecular flexibility index (Phi) is 2.44. The minimum atomic E-state index is 0.263. The van der Waals surface area contributed by atoms with Crippen molar-refractivity contribution in [2.45, 2.75) is 46.6 Å². The summed E-state index contributed by atoms with van der Waals surface area (Å²) in [6.45, 7) is 11.6. The quantitative estimate of drug-likeness (QED) is 0.638. The van der Waals surface area contributed by atoms with Crippen molar-refractivity contribution in [2.75, 3.05) is 0 Å². The Hall–Kier alpha value is -0.720. The summed E-state index contributed by atoms with van der Waals surface area (Å²) in [6.07, 6.45) is 6.01. The molecule has 1 N–H and O–H groups in total. The maximum Gasteiger partial charge on any atom is 0.0317 e. The largest absolute Gasteiger partial charge is 0.383 e. The molecule has 0 aromatic heterocycles. The molecule has 0 aromatic rings. The smallest absolute Gasteiger partial charge is 0.0317 e. The lowest BCUT2D eigenvalue weighted by atomic mass is 9.69. The average Bonchev–Trinajstić information content (AvgIpc) is 1.97. The second kappa shape index (κ2) is 3.40. The van der Waals surface area contributed by atoms with E-state index in [0.29, 0.717) is 11.8 Å². The molecule has 84 valence electrons. The van der Waals surface area contributed by atoms with Gasteiger partial charge in [0.25, 0.3) is 0 Å². The van der Waals surface area contributed by atoms with Gasteiger partial charge in [0.2, 0.25) is 0 Å². The lowest BCUT2D eigenvalue weighted by molar-refractivity contribution is 0.184. The van der Waals surface area contributed by atoms with Crippen LogP contribution in [0.5, 0.6) is 0 Å². The molecule has 1 heterocycles. The van der Waals surface area contributed by atoms with Crippen LogP contribution in [0.2, 0.25) is 0 Å². The minimum absolute atomic E-state index is 0.263. The van der Waals surface area contributed by atoms with E-state index in [2.05, 4.69) is 52.1 Å². The van der Waals surface area contributed by atoms with E-state index in [4.69, 9.17) is 0 Å². The Morgan fingerprint density at radius 2 is 2.00 bits per heavy atom. The number of hydrogen-bond donors (Lipinski definition) is 1. The molecule has 0 amide bonds. The van der Waals surface area contributed by atoms with Gasteiger partial charge >= 0.3 is 0 Å². The fraction of sp³-hybridized carbons (Fsp3) is 0.714. The van der Waals surface area contributed by atoms with Crippen molar-refractivity contribution < 1.29 is 0 Å². The number of allylic oxidation sites excluding steroid dienone is 4. The van der Waals surface area contributed by atoms with E-state index < -0.39 is 0 Å². The zero-order chi connectivity index (χ0) is 11.2. The third kappa shape index (κ3) is 1.97. The van der Waals surface area contributed by atoms with Crippen LogP contribution in [0.25, 0.3) is 0 Å². The molecule has 15 heavy (non-hydrogen) atoms. The molecule has 3 atom stereocenters. The lowest BCUT2D eigenvalue weighted by Crippen LogP contribution is -2.50. The third-order valence-electron chi connectivity index (χ3n) is 3.76. The van der Waals surface area contributed by atoms with Gasteiger partial charge in [-0.3, -0.25) is 0 Å². The first-order valence-electron chi connectivity index (χ1n) is 6.07. The summed E-state index contributed by atoms with van der Waals surface area (Å²) in [5.41, 5.74) is 3.14. The fourth-order valence-corrected chi connectivity index (χ4v) is 3.51. The van der Waals surface area contributed by atoms with Crippen LogP contribution in [0, 0.1) is 17.8 Å². The molecule has 1 aliphatic heterocycles. The van der Waals surface area contributed by atoms with Gasteiger partial charge in [-0.15, -0.1) is 0 Å². The third-order valence-corrected chi connectivity index (χ3v) is 3.76. The van der Waals surface area contributed by atoms with Gasteiger partial charge in [0.15, 0.2) is 0 Å². The van der Waals surface area contributed by atoms with Crippen LogP contribution in [0.15, 0.2) is 23.4 Å². The molecule has 1 fully saturated rings. The molecule has 0 saturated carbocycles. The van der Waals surface area contributed by atoms with Gasteiger partial charge in [0.05, 0.1) is 0 Å². The van der Waals surface area contributed by atoms with Gasteiger partial charge < -0.3 is 5.32 Å². The molecule has 3 unspecified atom stereocenters. The molecule has 1 heteroatoms. The van der Waals surface area contributed by atoms with Crippen molar-refractivity contribution in [1.82, 2.24) is 5.32 Å². The summed E-state index contributed by atoms with van der Waals surface area (Å²) in [6, 6.07) is 0. The number of fused-ring (bicyclic) bond motifs is 1. The second-order valence-electron chi connectivity index (χ2n) is 6.09. The topological polar surface area (TPSA) is 12.0 Å². The Bertz CT molecular complexity index is 322. The molecule has 0 radical (unpaired) electrons. The molecule has 1 aliphatic carbocycles. The van der Waals surface area contributed by atoms with E-state index in [9.17, 15) is 0 Å². The molecule has 0 bridgehead atoms. The Balaban J connectivity index is 2.32. The summed E-state index contributed by atoms with van der Waals surface area (Å²) in [5, 5.41) is 3.71. The van der Waals surface area contributed by atoms with Crippen LogP contribution in [0.3, 0.4) is 0 Å². The van der Waals surface area contributed by atoms with Gasteiger partial charge in [-0.05, 0) is 45.1 Å². The normalized spacial score (nSPS) is 38.6. The zero-order valence-electron chi connectivity index (χ0n) is 10.6. The molecule has 1 saturated heterocycles. The summed E-state index contributed by atoms with van der Waals surface area (Å²) in [4.78, 5) is 0. The molecule has 1 nitrogen and oxygen atoms in total. The van der Waals surface area contributed by atoms with Gasteiger partial charge in [0.1, 0.15) is 0 Å². The van der Waals surface area contributed by atoms with Gasteiger partial charge in [-0.2, -0.15) is 0 Å². The second-order valence-corrected chi connectivity index (χ2v) is 6.09. The van der Waals surface area contributed by atoms with Crippen LogP contribution < -0.4 is 5.32 Å². The van der Waals surface area contributed by atoms with E-state index >= 15 is 0 Å². The maximum atomic E-state index is 3.71. The van der Waals surface area contributed by atoms with Crippen LogP contribution in [0.1, 0.15) is 41.0 Å². The van der Waals surface area contributed by atoms with Crippen LogP contribution in [-0.4, -0.2) is 5.54 Å². The summed E-state index contributed by atoms with van der Waals surface area (Å²) in [7, 11) is 0.